The third kappa shape index (κ3) is 3.61. The number of hydrogen-bond acceptors (Lipinski definition) is 8. The molecule has 2 unspecified atom stereocenters. The smallest absolute Gasteiger partial charge is 0.425 e. The van der Waals surface area contributed by atoms with Crippen molar-refractivity contribution in [1.82, 2.24) is 4.90 Å². The van der Waals surface area contributed by atoms with Crippen LogP contribution >= 0.6 is 0 Å². The van der Waals surface area contributed by atoms with E-state index in [1.54, 1.807) is 30.3 Å². The minimum Gasteiger partial charge on any atom is -0.466 e. The van der Waals surface area contributed by atoms with Gasteiger partial charge >= 0.3 is 18.2 Å². The van der Waals surface area contributed by atoms with Crippen molar-refractivity contribution in [2.45, 2.75) is 12.1 Å². The number of methoxy groups -OCH3 is 1. The van der Waals surface area contributed by atoms with Gasteiger partial charge in [0.05, 0.1) is 12.0 Å². The highest BCUT2D eigenvalue weighted by Gasteiger charge is 2.51. The molecule has 1 aliphatic rings. The maximum atomic E-state index is 12.6. The molecular weight excluding hydrogens is 372 g/mol. The lowest BCUT2D eigenvalue weighted by molar-refractivity contribution is -0.384. The highest BCUT2D eigenvalue weighted by Crippen LogP contribution is 2.35. The van der Waals surface area contributed by atoms with Crippen LogP contribution in [0.2, 0.25) is 0 Å². The summed E-state index contributed by atoms with van der Waals surface area (Å²) in [5, 5.41) is 10.7. The summed E-state index contributed by atoms with van der Waals surface area (Å²) in [5.74, 6) is -0.843. The van der Waals surface area contributed by atoms with Crippen LogP contribution in [0.25, 0.3) is 0 Å². The molecule has 1 aliphatic heterocycles. The molecule has 28 heavy (non-hydrogen) atoms. The number of nitro benzene ring substituents is 1. The van der Waals surface area contributed by atoms with E-state index in [2.05, 4.69) is 4.74 Å². The zero-order valence-electron chi connectivity index (χ0n) is 14.5. The lowest BCUT2D eigenvalue weighted by atomic mass is 10.0. The van der Waals surface area contributed by atoms with E-state index in [4.69, 9.17) is 9.47 Å². The molecule has 10 heteroatoms. The summed E-state index contributed by atoms with van der Waals surface area (Å²) in [7, 11) is 1.13. The van der Waals surface area contributed by atoms with Crippen LogP contribution in [0.15, 0.2) is 54.6 Å². The topological polar surface area (TPSA) is 125 Å². The minimum atomic E-state index is -1.36. The average Bonchev–Trinajstić information content (AvgIpc) is 3.05. The van der Waals surface area contributed by atoms with E-state index in [-0.39, 0.29) is 11.4 Å². The summed E-state index contributed by atoms with van der Waals surface area (Å²) in [6.07, 6.45) is -3.53. The van der Waals surface area contributed by atoms with Gasteiger partial charge in [0, 0.05) is 12.1 Å². The van der Waals surface area contributed by atoms with Gasteiger partial charge in [-0.1, -0.05) is 30.3 Å². The molecule has 0 N–H and O–H groups in total. The molecule has 10 nitrogen and oxygen atoms in total. The number of ether oxygens (including phenoxy) is 3. The Bertz CT molecular complexity index is 913. The first-order valence-electron chi connectivity index (χ1n) is 8.01. The van der Waals surface area contributed by atoms with E-state index < -0.39 is 35.2 Å². The Morgan fingerprint density at radius 2 is 1.75 bits per heavy atom. The monoisotopic (exact) mass is 386 g/mol. The molecule has 2 aromatic carbocycles. The van der Waals surface area contributed by atoms with Crippen molar-refractivity contribution in [3.8, 4) is 5.75 Å². The van der Waals surface area contributed by atoms with Crippen LogP contribution in [0.5, 0.6) is 5.75 Å². The Labute approximate surface area is 158 Å². The van der Waals surface area contributed by atoms with Gasteiger partial charge in [-0.3, -0.25) is 10.1 Å². The maximum absolute atomic E-state index is 12.6. The van der Waals surface area contributed by atoms with Gasteiger partial charge in [-0.25, -0.2) is 14.4 Å². The molecule has 144 valence electrons. The first-order chi connectivity index (χ1) is 13.4. The lowest BCUT2D eigenvalue weighted by Crippen LogP contribution is -2.39. The third-order valence-corrected chi connectivity index (χ3v) is 4.01. The average molecular weight is 386 g/mol. The molecule has 0 bridgehead atoms. The van der Waals surface area contributed by atoms with Crippen molar-refractivity contribution in [1.29, 1.82) is 0 Å². The Morgan fingerprint density at radius 3 is 2.32 bits per heavy atom. The van der Waals surface area contributed by atoms with Gasteiger partial charge in [-0.2, -0.15) is 4.90 Å². The highest BCUT2D eigenvalue weighted by molar-refractivity contribution is 5.94. The van der Waals surface area contributed by atoms with E-state index in [0.717, 1.165) is 19.2 Å². The standard InChI is InChI=1S/C18H14N2O8/c1-26-16(21)15-14(11-5-3-2-4-6-11)19(18(23)28-15)17(22)27-13-9-7-12(8-10-13)20(24)25/h2-10,14-15H,1H3. The first kappa shape index (κ1) is 18.8. The molecule has 3 rings (SSSR count). The van der Waals surface area contributed by atoms with Crippen LogP contribution in [0, 0.1) is 10.1 Å². The Morgan fingerprint density at radius 1 is 1.11 bits per heavy atom. The molecule has 0 radical (unpaired) electrons. The fourth-order valence-corrected chi connectivity index (χ4v) is 2.72. The van der Waals surface area contributed by atoms with Gasteiger partial charge in [-0.05, 0) is 17.7 Å². The summed E-state index contributed by atoms with van der Waals surface area (Å²) in [4.78, 5) is 47.7. The minimum absolute atomic E-state index is 0.0169. The largest absolute Gasteiger partial charge is 0.466 e. The maximum Gasteiger partial charge on any atom is 0.425 e. The summed E-state index contributed by atoms with van der Waals surface area (Å²) < 4.78 is 14.8. The van der Waals surface area contributed by atoms with E-state index in [1.807, 2.05) is 0 Å². The number of rotatable bonds is 4. The third-order valence-electron chi connectivity index (χ3n) is 4.01. The van der Waals surface area contributed by atoms with E-state index in [0.29, 0.717) is 10.5 Å². The summed E-state index contributed by atoms with van der Waals surface area (Å²) >= 11 is 0. The lowest BCUT2D eigenvalue weighted by Gasteiger charge is -2.21. The van der Waals surface area contributed by atoms with Gasteiger partial charge in [-0.15, -0.1) is 0 Å². The molecule has 1 fully saturated rings. The summed E-state index contributed by atoms with van der Waals surface area (Å²) in [5.41, 5.74) is 0.276. The number of nitro groups is 1. The summed E-state index contributed by atoms with van der Waals surface area (Å²) in [6.45, 7) is 0. The SMILES string of the molecule is COC(=O)C1OC(=O)N(C(=O)Oc2ccc([N+](=O)[O-])cc2)C1c1ccccc1. The van der Waals surface area contributed by atoms with Gasteiger partial charge in [0.25, 0.3) is 5.69 Å². The van der Waals surface area contributed by atoms with Crippen molar-refractivity contribution in [2.24, 2.45) is 0 Å². The molecule has 0 aliphatic carbocycles. The van der Waals surface area contributed by atoms with Gasteiger partial charge in [0.15, 0.2) is 0 Å². The van der Waals surface area contributed by atoms with Crippen LogP contribution in [0.3, 0.4) is 0 Å². The van der Waals surface area contributed by atoms with Crippen LogP contribution in [-0.2, 0) is 14.3 Å². The molecule has 2 atom stereocenters. The molecule has 0 spiro atoms. The highest BCUT2D eigenvalue weighted by atomic mass is 16.6. The quantitative estimate of drug-likeness (QED) is 0.446. The van der Waals surface area contributed by atoms with Crippen molar-refractivity contribution in [3.05, 3.63) is 70.3 Å². The number of carbonyl (C=O) groups excluding carboxylic acids is 3. The number of nitrogens with zero attached hydrogens (tertiary/aromatic N) is 2. The van der Waals surface area contributed by atoms with Crippen molar-refractivity contribution >= 4 is 23.8 Å². The predicted molar refractivity (Wildman–Crippen MR) is 92.4 cm³/mol. The van der Waals surface area contributed by atoms with Crippen LogP contribution in [-0.4, -0.2) is 41.2 Å². The predicted octanol–water partition coefficient (Wildman–Crippen LogP) is 2.83. The number of hydrogen-bond donors (Lipinski definition) is 0. The zero-order valence-corrected chi connectivity index (χ0v) is 14.5. The van der Waals surface area contributed by atoms with Gasteiger partial charge in [0.2, 0.25) is 6.10 Å². The van der Waals surface area contributed by atoms with Gasteiger partial charge < -0.3 is 14.2 Å². The molecule has 0 aromatic heterocycles. The Kier molecular flexibility index (Phi) is 5.21. The van der Waals surface area contributed by atoms with Crippen LogP contribution in [0.4, 0.5) is 15.3 Å². The second kappa shape index (κ2) is 7.74. The van der Waals surface area contributed by atoms with Crippen LogP contribution in [0.1, 0.15) is 11.6 Å². The van der Waals surface area contributed by atoms with E-state index in [1.165, 1.54) is 12.1 Å². The molecular formula is C18H14N2O8. The number of esters is 1. The molecule has 1 heterocycles. The number of cyclic esters (lactones) is 1. The Balaban J connectivity index is 1.88. The van der Waals surface area contributed by atoms with Crippen molar-refractivity contribution in [2.75, 3.05) is 7.11 Å². The molecule has 2 aromatic rings. The van der Waals surface area contributed by atoms with Gasteiger partial charge in [0.1, 0.15) is 11.8 Å². The van der Waals surface area contributed by atoms with Crippen LogP contribution < -0.4 is 4.74 Å². The van der Waals surface area contributed by atoms with E-state index in [9.17, 15) is 24.5 Å². The number of carbonyl (C=O) groups is 3. The number of amides is 2. The second-order valence-corrected chi connectivity index (χ2v) is 5.67. The fourth-order valence-electron chi connectivity index (χ4n) is 2.72. The normalized spacial score (nSPS) is 18.3. The Hall–Kier alpha value is -3.95. The van der Waals surface area contributed by atoms with Crippen molar-refractivity contribution < 1.29 is 33.5 Å². The zero-order chi connectivity index (χ0) is 20.3. The molecule has 0 saturated carbocycles. The number of benzene rings is 2. The summed E-state index contributed by atoms with van der Waals surface area (Å²) in [6, 6.07) is 12.0. The fraction of sp³-hybridized carbons (Fsp3) is 0.167. The van der Waals surface area contributed by atoms with E-state index >= 15 is 0 Å². The first-order valence-corrected chi connectivity index (χ1v) is 8.01. The second-order valence-electron chi connectivity index (χ2n) is 5.67. The molecule has 1 saturated heterocycles. The van der Waals surface area contributed by atoms with Crippen molar-refractivity contribution in [3.63, 3.8) is 0 Å². The molecule has 2 amide bonds. The number of non-ortho nitro benzene ring substituents is 1. The number of imide groups is 1.